The number of hydrogen-bond acceptors (Lipinski definition) is 7. The normalized spacial score (nSPS) is 16.2. The molecule has 150 valence electrons. The van der Waals surface area contributed by atoms with Crippen molar-refractivity contribution < 1.29 is 9.21 Å². The van der Waals surface area contributed by atoms with Crippen LogP contribution in [-0.4, -0.2) is 32.3 Å². The molecular weight excluding hydrogens is 408 g/mol. The number of thioether (sulfide) groups is 1. The number of aromatic nitrogens is 2. The van der Waals surface area contributed by atoms with Gasteiger partial charge in [-0.3, -0.25) is 9.59 Å². The summed E-state index contributed by atoms with van der Waals surface area (Å²) in [5, 5.41) is 8.53. The standard InChI is InChI=1S/C20H20N4O3S2/c1-2-5-13-10-18(25)22-20(21-13)29-12-19(26)24-15(17-7-4-9-28-17)11-14(23-24)16-6-3-8-27-16/h3-4,6-10,15H,2,5,11-12H2,1H3,(H,21,22,25). The molecule has 0 fully saturated rings. The average molecular weight is 429 g/mol. The zero-order valence-corrected chi connectivity index (χ0v) is 17.5. The first-order valence-electron chi connectivity index (χ1n) is 9.34. The van der Waals surface area contributed by atoms with Crippen molar-refractivity contribution in [2.75, 3.05) is 5.75 Å². The van der Waals surface area contributed by atoms with Crippen LogP contribution in [0.4, 0.5) is 0 Å². The van der Waals surface area contributed by atoms with E-state index in [-0.39, 0.29) is 23.3 Å². The molecule has 0 aliphatic carbocycles. The van der Waals surface area contributed by atoms with Gasteiger partial charge in [0.25, 0.3) is 11.5 Å². The van der Waals surface area contributed by atoms with E-state index in [0.29, 0.717) is 17.3 Å². The summed E-state index contributed by atoms with van der Waals surface area (Å²) < 4.78 is 5.47. The van der Waals surface area contributed by atoms with Crippen molar-refractivity contribution >= 4 is 34.7 Å². The molecule has 9 heteroatoms. The van der Waals surface area contributed by atoms with E-state index >= 15 is 0 Å². The maximum absolute atomic E-state index is 13.0. The SMILES string of the molecule is CCCc1cc(=O)[nH]c(SCC(=O)N2N=C(c3ccco3)CC2c2cccs2)n1. The lowest BCUT2D eigenvalue weighted by Crippen LogP contribution is -2.28. The number of aryl methyl sites for hydroxylation is 1. The van der Waals surface area contributed by atoms with Crippen LogP contribution in [0.1, 0.15) is 42.1 Å². The van der Waals surface area contributed by atoms with Crippen molar-refractivity contribution in [3.63, 3.8) is 0 Å². The number of nitrogens with one attached hydrogen (secondary N) is 1. The van der Waals surface area contributed by atoms with Crippen LogP contribution < -0.4 is 5.56 Å². The third-order valence-corrected chi connectivity index (χ3v) is 6.29. The fourth-order valence-corrected chi connectivity index (χ4v) is 4.73. The van der Waals surface area contributed by atoms with E-state index in [2.05, 4.69) is 15.1 Å². The maximum Gasteiger partial charge on any atom is 0.253 e. The molecule has 4 rings (SSSR count). The summed E-state index contributed by atoms with van der Waals surface area (Å²) in [5.41, 5.74) is 1.29. The third kappa shape index (κ3) is 4.51. The number of carbonyl (C=O) groups is 1. The predicted octanol–water partition coefficient (Wildman–Crippen LogP) is 3.85. The van der Waals surface area contributed by atoms with Gasteiger partial charge in [0.2, 0.25) is 0 Å². The van der Waals surface area contributed by atoms with Crippen molar-refractivity contribution in [3.05, 3.63) is 68.7 Å². The second kappa shape index (κ2) is 8.79. The largest absolute Gasteiger partial charge is 0.463 e. The number of thiophene rings is 1. The van der Waals surface area contributed by atoms with Crippen molar-refractivity contribution in [1.82, 2.24) is 15.0 Å². The lowest BCUT2D eigenvalue weighted by Gasteiger charge is -2.20. The Labute approximate surface area is 175 Å². The Bertz CT molecular complexity index is 1060. The number of hydrazone groups is 1. The monoisotopic (exact) mass is 428 g/mol. The van der Waals surface area contributed by atoms with Gasteiger partial charge in [-0.25, -0.2) is 9.99 Å². The van der Waals surface area contributed by atoms with Crippen LogP contribution in [0.5, 0.6) is 0 Å². The second-order valence-corrected chi connectivity index (χ2v) is 8.52. The molecule has 0 bridgehead atoms. The fourth-order valence-electron chi connectivity index (χ4n) is 3.17. The Hall–Kier alpha value is -2.65. The number of furan rings is 1. The van der Waals surface area contributed by atoms with Gasteiger partial charge in [-0.1, -0.05) is 31.2 Å². The molecule has 3 aromatic heterocycles. The minimum absolute atomic E-state index is 0.134. The number of hydrogen-bond donors (Lipinski definition) is 1. The Morgan fingerprint density at radius 3 is 3.03 bits per heavy atom. The highest BCUT2D eigenvalue weighted by molar-refractivity contribution is 7.99. The summed E-state index contributed by atoms with van der Waals surface area (Å²) in [7, 11) is 0. The van der Waals surface area contributed by atoms with Gasteiger partial charge in [0.05, 0.1) is 18.1 Å². The van der Waals surface area contributed by atoms with Crippen LogP contribution in [0.25, 0.3) is 0 Å². The van der Waals surface area contributed by atoms with E-state index in [4.69, 9.17) is 4.42 Å². The first-order chi connectivity index (χ1) is 14.1. The molecule has 4 heterocycles. The number of nitrogens with zero attached hydrogens (tertiary/aromatic N) is 3. The number of carbonyl (C=O) groups excluding carboxylic acids is 1. The summed E-state index contributed by atoms with van der Waals surface area (Å²) in [4.78, 5) is 33.0. The number of aromatic amines is 1. The fraction of sp³-hybridized carbons (Fsp3) is 0.300. The van der Waals surface area contributed by atoms with E-state index < -0.39 is 0 Å². The van der Waals surface area contributed by atoms with Crippen LogP contribution in [0, 0.1) is 0 Å². The van der Waals surface area contributed by atoms with Crippen LogP contribution in [0.15, 0.2) is 61.4 Å². The smallest absolute Gasteiger partial charge is 0.253 e. The first-order valence-corrected chi connectivity index (χ1v) is 11.2. The van der Waals surface area contributed by atoms with Crippen molar-refractivity contribution in [2.24, 2.45) is 5.10 Å². The highest BCUT2D eigenvalue weighted by Crippen LogP contribution is 2.35. The number of rotatable bonds is 7. The van der Waals surface area contributed by atoms with E-state index in [1.165, 1.54) is 22.8 Å². The van der Waals surface area contributed by atoms with E-state index in [1.807, 2.05) is 36.6 Å². The minimum Gasteiger partial charge on any atom is -0.463 e. The molecule has 0 saturated heterocycles. The quantitative estimate of drug-likeness (QED) is 0.456. The summed E-state index contributed by atoms with van der Waals surface area (Å²) in [6.07, 6.45) is 3.84. The summed E-state index contributed by atoms with van der Waals surface area (Å²) in [6, 6.07) is 8.99. The lowest BCUT2D eigenvalue weighted by atomic mass is 10.1. The predicted molar refractivity (Wildman–Crippen MR) is 113 cm³/mol. The molecule has 0 radical (unpaired) electrons. The van der Waals surface area contributed by atoms with Gasteiger partial charge in [-0.2, -0.15) is 5.10 Å². The topological polar surface area (TPSA) is 91.6 Å². The molecule has 0 saturated carbocycles. The number of H-pyrrole nitrogens is 1. The van der Waals surface area contributed by atoms with Gasteiger partial charge in [0, 0.05) is 23.1 Å². The van der Waals surface area contributed by atoms with E-state index in [1.54, 1.807) is 17.6 Å². The third-order valence-electron chi connectivity index (χ3n) is 4.45. The van der Waals surface area contributed by atoms with Gasteiger partial charge >= 0.3 is 0 Å². The Balaban J connectivity index is 1.52. The second-order valence-electron chi connectivity index (χ2n) is 6.58. The molecule has 0 spiro atoms. The molecule has 1 atom stereocenters. The van der Waals surface area contributed by atoms with Gasteiger partial charge in [-0.05, 0) is 30.0 Å². The van der Waals surface area contributed by atoms with Gasteiger partial charge in [0.15, 0.2) is 5.16 Å². The zero-order chi connectivity index (χ0) is 20.2. The minimum atomic E-state index is -0.200. The van der Waals surface area contributed by atoms with Crippen LogP contribution in [0.2, 0.25) is 0 Å². The Morgan fingerprint density at radius 2 is 2.31 bits per heavy atom. The number of amides is 1. The summed E-state index contributed by atoms with van der Waals surface area (Å²) in [5.74, 6) is 0.668. The summed E-state index contributed by atoms with van der Waals surface area (Å²) >= 11 is 2.82. The molecule has 7 nitrogen and oxygen atoms in total. The highest BCUT2D eigenvalue weighted by atomic mass is 32.2. The van der Waals surface area contributed by atoms with Crippen molar-refractivity contribution in [2.45, 2.75) is 37.4 Å². The highest BCUT2D eigenvalue weighted by Gasteiger charge is 2.34. The Kier molecular flexibility index (Phi) is 5.96. The van der Waals surface area contributed by atoms with E-state index in [9.17, 15) is 9.59 Å². The first kappa shape index (κ1) is 19.7. The average Bonchev–Trinajstić information content (AvgIpc) is 3.46. The van der Waals surface area contributed by atoms with Crippen LogP contribution in [0.3, 0.4) is 0 Å². The molecule has 0 aromatic carbocycles. The van der Waals surface area contributed by atoms with Crippen LogP contribution in [-0.2, 0) is 11.2 Å². The molecule has 3 aromatic rings. The van der Waals surface area contributed by atoms with Crippen molar-refractivity contribution in [3.8, 4) is 0 Å². The zero-order valence-electron chi connectivity index (χ0n) is 15.8. The Morgan fingerprint density at radius 1 is 1.41 bits per heavy atom. The van der Waals surface area contributed by atoms with Crippen LogP contribution >= 0.6 is 23.1 Å². The summed E-state index contributed by atoms with van der Waals surface area (Å²) in [6.45, 7) is 2.03. The van der Waals surface area contributed by atoms with Gasteiger partial charge < -0.3 is 9.40 Å². The molecule has 1 aliphatic rings. The molecular formula is C20H20N4O3S2. The van der Waals surface area contributed by atoms with E-state index in [0.717, 1.165) is 29.1 Å². The molecule has 1 unspecified atom stereocenters. The van der Waals surface area contributed by atoms with Gasteiger partial charge in [0.1, 0.15) is 11.5 Å². The molecule has 1 aliphatic heterocycles. The maximum atomic E-state index is 13.0. The van der Waals surface area contributed by atoms with Gasteiger partial charge in [-0.15, -0.1) is 11.3 Å². The molecule has 1 N–H and O–H groups in total. The lowest BCUT2D eigenvalue weighted by molar-refractivity contribution is -0.130. The molecule has 29 heavy (non-hydrogen) atoms. The molecule has 1 amide bonds. The van der Waals surface area contributed by atoms with Crippen molar-refractivity contribution in [1.29, 1.82) is 0 Å².